The first-order valence-corrected chi connectivity index (χ1v) is 7.05. The van der Waals surface area contributed by atoms with E-state index in [4.69, 9.17) is 4.52 Å². The van der Waals surface area contributed by atoms with Crippen LogP contribution in [0, 0.1) is 10.1 Å². The van der Waals surface area contributed by atoms with Gasteiger partial charge < -0.3 is 9.42 Å². The number of hydrogen-bond donors (Lipinski definition) is 0. The van der Waals surface area contributed by atoms with Crippen molar-refractivity contribution in [2.45, 2.75) is 31.8 Å². The Morgan fingerprint density at radius 1 is 1.41 bits per heavy atom. The Labute approximate surface area is 126 Å². The first-order chi connectivity index (χ1) is 10.6. The Morgan fingerprint density at radius 2 is 2.23 bits per heavy atom. The van der Waals surface area contributed by atoms with E-state index in [1.54, 1.807) is 23.1 Å². The van der Waals surface area contributed by atoms with Gasteiger partial charge in [-0.25, -0.2) is 0 Å². The third-order valence-corrected chi connectivity index (χ3v) is 3.61. The minimum Gasteiger partial charge on any atom is -0.364 e. The van der Waals surface area contributed by atoms with E-state index in [1.807, 2.05) is 0 Å². The zero-order chi connectivity index (χ0) is 15.5. The second-order valence-corrected chi connectivity index (χ2v) is 5.35. The maximum absolute atomic E-state index is 12.4. The summed E-state index contributed by atoms with van der Waals surface area (Å²) in [5.41, 5.74) is 1.39. The van der Waals surface area contributed by atoms with E-state index in [9.17, 15) is 14.9 Å². The number of carbonyl (C=O) groups is 1. The lowest BCUT2D eigenvalue weighted by Crippen LogP contribution is -2.33. The van der Waals surface area contributed by atoms with Gasteiger partial charge in [-0.2, -0.15) is 0 Å². The van der Waals surface area contributed by atoms with E-state index in [0.717, 1.165) is 18.4 Å². The zero-order valence-corrected chi connectivity index (χ0v) is 11.8. The second-order valence-electron chi connectivity index (χ2n) is 5.35. The van der Waals surface area contributed by atoms with Gasteiger partial charge in [0, 0.05) is 30.8 Å². The number of rotatable bonds is 6. The predicted octanol–water partition coefficient (Wildman–Crippen LogP) is 2.32. The summed E-state index contributed by atoms with van der Waals surface area (Å²) in [4.78, 5) is 24.6. The molecule has 0 saturated heterocycles. The molecule has 7 nitrogen and oxygen atoms in total. The number of nitro benzene ring substituents is 1. The van der Waals surface area contributed by atoms with Crippen molar-refractivity contribution in [3.63, 3.8) is 0 Å². The maximum Gasteiger partial charge on any atom is 0.269 e. The van der Waals surface area contributed by atoms with Crippen molar-refractivity contribution in [2.75, 3.05) is 0 Å². The van der Waals surface area contributed by atoms with Gasteiger partial charge >= 0.3 is 0 Å². The molecule has 0 unspecified atom stereocenters. The van der Waals surface area contributed by atoms with Crippen LogP contribution < -0.4 is 0 Å². The van der Waals surface area contributed by atoms with Gasteiger partial charge in [0.25, 0.3) is 5.69 Å². The Hall–Kier alpha value is -2.70. The normalized spacial score (nSPS) is 13.8. The number of hydrogen-bond acceptors (Lipinski definition) is 5. The minimum atomic E-state index is -0.428. The summed E-state index contributed by atoms with van der Waals surface area (Å²) in [7, 11) is 0. The van der Waals surface area contributed by atoms with Crippen LogP contribution in [0.1, 0.15) is 24.1 Å². The van der Waals surface area contributed by atoms with Crippen LogP contribution in [0.3, 0.4) is 0 Å². The monoisotopic (exact) mass is 301 g/mol. The van der Waals surface area contributed by atoms with Gasteiger partial charge in [0.2, 0.25) is 5.91 Å². The van der Waals surface area contributed by atoms with E-state index in [1.165, 1.54) is 18.4 Å². The summed E-state index contributed by atoms with van der Waals surface area (Å²) in [6, 6.07) is 8.28. The lowest BCUT2D eigenvalue weighted by molar-refractivity contribution is -0.384. The molecular formula is C15H15N3O4. The highest BCUT2D eigenvalue weighted by Gasteiger charge is 2.32. The van der Waals surface area contributed by atoms with Crippen molar-refractivity contribution >= 4 is 11.6 Å². The fourth-order valence-corrected chi connectivity index (χ4v) is 2.36. The number of nitro groups is 1. The smallest absolute Gasteiger partial charge is 0.269 e. The molecule has 22 heavy (non-hydrogen) atoms. The summed E-state index contributed by atoms with van der Waals surface area (Å²) in [5.74, 6) is -0.0390. The van der Waals surface area contributed by atoms with Crippen LogP contribution >= 0.6 is 0 Å². The fourth-order valence-electron chi connectivity index (χ4n) is 2.36. The molecule has 1 aromatic heterocycles. The van der Waals surface area contributed by atoms with Crippen LogP contribution in [0.25, 0.3) is 0 Å². The van der Waals surface area contributed by atoms with E-state index in [-0.39, 0.29) is 24.1 Å². The molecule has 1 heterocycles. The first-order valence-electron chi connectivity index (χ1n) is 7.05. The summed E-state index contributed by atoms with van der Waals surface area (Å²) in [6.07, 6.45) is 3.56. The molecule has 114 valence electrons. The zero-order valence-electron chi connectivity index (χ0n) is 11.8. The van der Waals surface area contributed by atoms with Crippen molar-refractivity contribution in [1.29, 1.82) is 0 Å². The predicted molar refractivity (Wildman–Crippen MR) is 76.9 cm³/mol. The van der Waals surface area contributed by atoms with Gasteiger partial charge in [-0.05, 0) is 18.4 Å². The van der Waals surface area contributed by atoms with Crippen molar-refractivity contribution in [1.82, 2.24) is 10.1 Å². The molecule has 3 rings (SSSR count). The minimum absolute atomic E-state index is 0.0390. The van der Waals surface area contributed by atoms with Crippen LogP contribution in [0.5, 0.6) is 0 Å². The molecule has 1 saturated carbocycles. The van der Waals surface area contributed by atoms with Gasteiger partial charge in [-0.1, -0.05) is 17.3 Å². The third kappa shape index (κ3) is 3.30. The third-order valence-electron chi connectivity index (χ3n) is 3.61. The van der Waals surface area contributed by atoms with Crippen LogP contribution in [-0.4, -0.2) is 26.9 Å². The number of non-ortho nitro benzene ring substituents is 1. The van der Waals surface area contributed by atoms with Gasteiger partial charge in [0.1, 0.15) is 6.26 Å². The molecule has 1 aliphatic rings. The quantitative estimate of drug-likeness (QED) is 0.603. The Bertz CT molecular complexity index is 680. The number of amides is 1. The highest BCUT2D eigenvalue weighted by atomic mass is 16.6. The Morgan fingerprint density at radius 3 is 2.86 bits per heavy atom. The summed E-state index contributed by atoms with van der Waals surface area (Å²) >= 11 is 0. The molecule has 0 bridgehead atoms. The number of aromatic nitrogens is 1. The topological polar surface area (TPSA) is 89.5 Å². The average molecular weight is 301 g/mol. The van der Waals surface area contributed by atoms with E-state index >= 15 is 0 Å². The highest BCUT2D eigenvalue weighted by Crippen LogP contribution is 2.29. The molecule has 0 spiro atoms. The standard InChI is InChI=1S/C15H15N3O4/c19-15(9-12-6-7-22-16-12)17(13-4-5-13)10-11-2-1-3-14(8-11)18(20)21/h1-3,6-8,13H,4-5,9-10H2. The Balaban J connectivity index is 1.73. The van der Waals surface area contributed by atoms with E-state index in [0.29, 0.717) is 12.2 Å². The number of nitrogens with zero attached hydrogens (tertiary/aromatic N) is 3. The highest BCUT2D eigenvalue weighted by molar-refractivity contribution is 5.79. The van der Waals surface area contributed by atoms with Crippen molar-refractivity contribution in [3.05, 3.63) is 58.0 Å². The molecule has 1 aromatic carbocycles. The maximum atomic E-state index is 12.4. The molecule has 7 heteroatoms. The van der Waals surface area contributed by atoms with Gasteiger partial charge in [-0.3, -0.25) is 14.9 Å². The van der Waals surface area contributed by atoms with Crippen molar-refractivity contribution < 1.29 is 14.2 Å². The summed E-state index contributed by atoms with van der Waals surface area (Å²) < 4.78 is 4.74. The molecule has 2 aromatic rings. The van der Waals surface area contributed by atoms with Crippen molar-refractivity contribution in [2.24, 2.45) is 0 Å². The molecule has 0 aliphatic heterocycles. The molecule has 1 aliphatic carbocycles. The van der Waals surface area contributed by atoms with Gasteiger partial charge in [-0.15, -0.1) is 0 Å². The van der Waals surface area contributed by atoms with Crippen LogP contribution in [-0.2, 0) is 17.8 Å². The van der Waals surface area contributed by atoms with Crippen LogP contribution in [0.2, 0.25) is 0 Å². The second kappa shape index (κ2) is 5.97. The SMILES string of the molecule is O=C(Cc1ccon1)N(Cc1cccc([N+](=O)[O-])c1)C1CC1. The lowest BCUT2D eigenvalue weighted by Gasteiger charge is -2.22. The molecule has 0 atom stereocenters. The fraction of sp³-hybridized carbons (Fsp3) is 0.333. The summed E-state index contributed by atoms with van der Waals surface area (Å²) in [6.45, 7) is 0.378. The average Bonchev–Trinajstić information content (AvgIpc) is 3.22. The molecule has 1 amide bonds. The molecular weight excluding hydrogens is 286 g/mol. The van der Waals surface area contributed by atoms with E-state index < -0.39 is 4.92 Å². The molecule has 0 radical (unpaired) electrons. The molecule has 0 N–H and O–H groups in total. The number of benzene rings is 1. The molecule has 1 fully saturated rings. The largest absolute Gasteiger partial charge is 0.364 e. The number of carbonyl (C=O) groups excluding carboxylic acids is 1. The Kier molecular flexibility index (Phi) is 3.86. The van der Waals surface area contributed by atoms with Gasteiger partial charge in [0.05, 0.1) is 17.0 Å². The van der Waals surface area contributed by atoms with Crippen molar-refractivity contribution in [3.8, 4) is 0 Å². The van der Waals surface area contributed by atoms with Crippen LogP contribution in [0.15, 0.2) is 41.1 Å². The first kappa shape index (κ1) is 14.2. The lowest BCUT2D eigenvalue weighted by atomic mass is 10.1. The summed E-state index contributed by atoms with van der Waals surface area (Å²) in [5, 5.41) is 14.6. The van der Waals surface area contributed by atoms with Crippen LogP contribution in [0.4, 0.5) is 5.69 Å². The van der Waals surface area contributed by atoms with Gasteiger partial charge in [0.15, 0.2) is 0 Å². The van der Waals surface area contributed by atoms with E-state index in [2.05, 4.69) is 5.16 Å².